The number of anilines is 1. The number of nitrogens with one attached hydrogen (secondary N) is 1. The molecule has 1 aromatic heterocycles. The Labute approximate surface area is 169 Å². The van der Waals surface area contributed by atoms with Gasteiger partial charge in [0.1, 0.15) is 11.1 Å². The summed E-state index contributed by atoms with van der Waals surface area (Å²) < 4.78 is 0. The van der Waals surface area contributed by atoms with Gasteiger partial charge in [0.05, 0.1) is 10.7 Å². The van der Waals surface area contributed by atoms with Gasteiger partial charge in [0.15, 0.2) is 16.0 Å². The number of likely N-dealkylation sites (tertiary alicyclic amines) is 1. The predicted octanol–water partition coefficient (Wildman–Crippen LogP) is 5.09. The zero-order valence-electron chi connectivity index (χ0n) is 13.3. The van der Waals surface area contributed by atoms with E-state index in [9.17, 15) is 4.79 Å². The van der Waals surface area contributed by atoms with Gasteiger partial charge in [0.2, 0.25) is 0 Å². The summed E-state index contributed by atoms with van der Waals surface area (Å²) in [5.41, 5.74) is 0.502. The van der Waals surface area contributed by atoms with Gasteiger partial charge in [-0.1, -0.05) is 46.6 Å². The van der Waals surface area contributed by atoms with E-state index in [1.54, 1.807) is 23.1 Å². The Kier molecular flexibility index (Phi) is 6.09. The number of urea groups is 1. The van der Waals surface area contributed by atoms with E-state index >= 15 is 0 Å². The molecule has 3 rings (SSSR count). The number of nitrogens with zero attached hydrogens (tertiary/aromatic N) is 4. The Morgan fingerprint density at radius 2 is 1.92 bits per heavy atom. The number of carbonyl (C=O) groups excluding carboxylic acids is 1. The van der Waals surface area contributed by atoms with Gasteiger partial charge in [0, 0.05) is 18.0 Å². The number of benzene rings is 1. The van der Waals surface area contributed by atoms with Crippen LogP contribution < -0.4 is 5.32 Å². The van der Waals surface area contributed by atoms with E-state index in [0.29, 0.717) is 15.7 Å². The third-order valence-corrected chi connectivity index (χ3v) is 5.60. The van der Waals surface area contributed by atoms with Crippen LogP contribution in [0.15, 0.2) is 28.1 Å². The largest absolute Gasteiger partial charge is 0.325 e. The van der Waals surface area contributed by atoms with Gasteiger partial charge < -0.3 is 10.2 Å². The third kappa shape index (κ3) is 4.33. The summed E-state index contributed by atoms with van der Waals surface area (Å²) in [4.78, 5) is 22.6. The first-order chi connectivity index (χ1) is 12.5. The maximum absolute atomic E-state index is 12.2. The lowest BCUT2D eigenvalue weighted by Crippen LogP contribution is -2.32. The minimum absolute atomic E-state index is 0.0139. The summed E-state index contributed by atoms with van der Waals surface area (Å²) >= 11 is 19.4. The van der Waals surface area contributed by atoms with Crippen molar-refractivity contribution in [2.24, 2.45) is 0 Å². The van der Waals surface area contributed by atoms with E-state index in [-0.39, 0.29) is 22.0 Å². The number of rotatable bonds is 3. The van der Waals surface area contributed by atoms with Crippen LogP contribution in [0.25, 0.3) is 0 Å². The van der Waals surface area contributed by atoms with Crippen LogP contribution in [-0.2, 0) is 0 Å². The summed E-state index contributed by atoms with van der Waals surface area (Å²) in [6.07, 6.45) is 2.04. The molecule has 0 bridgehead atoms. The fraction of sp³-hybridized carbons (Fsp3) is 0.250. The molecule has 2 amide bonds. The highest BCUT2D eigenvalue weighted by atomic mass is 35.5. The topological polar surface area (TPSA) is 81.9 Å². The number of hydrogen-bond donors (Lipinski definition) is 1. The molecule has 6 nitrogen and oxygen atoms in total. The van der Waals surface area contributed by atoms with Gasteiger partial charge >= 0.3 is 6.03 Å². The molecule has 26 heavy (non-hydrogen) atoms. The Hall–Kier alpha value is -1.72. The maximum Gasteiger partial charge on any atom is 0.321 e. The molecule has 10 heteroatoms. The monoisotopic (exact) mass is 427 g/mol. The highest BCUT2D eigenvalue weighted by Gasteiger charge is 2.19. The van der Waals surface area contributed by atoms with Gasteiger partial charge in [-0.2, -0.15) is 5.26 Å². The van der Waals surface area contributed by atoms with Crippen LogP contribution in [-0.4, -0.2) is 34.0 Å². The van der Waals surface area contributed by atoms with E-state index in [4.69, 9.17) is 40.1 Å². The van der Waals surface area contributed by atoms with Crippen LogP contribution in [0.4, 0.5) is 10.5 Å². The number of carbonyl (C=O) groups is 1. The Morgan fingerprint density at radius 3 is 2.58 bits per heavy atom. The number of hydrogen-bond acceptors (Lipinski definition) is 5. The molecule has 1 aliphatic heterocycles. The molecule has 1 N–H and O–H groups in total. The Balaban J connectivity index is 1.74. The van der Waals surface area contributed by atoms with E-state index in [2.05, 4.69) is 15.3 Å². The predicted molar refractivity (Wildman–Crippen MR) is 102 cm³/mol. The molecule has 2 aromatic rings. The molecule has 1 saturated heterocycles. The summed E-state index contributed by atoms with van der Waals surface area (Å²) in [5, 5.41) is 12.5. The molecular weight excluding hydrogens is 417 g/mol. The van der Waals surface area contributed by atoms with Crippen molar-refractivity contribution in [3.05, 3.63) is 39.2 Å². The summed E-state index contributed by atoms with van der Waals surface area (Å²) in [7, 11) is 0. The smallest absolute Gasteiger partial charge is 0.321 e. The van der Waals surface area contributed by atoms with Crippen LogP contribution in [0.2, 0.25) is 15.3 Å². The lowest BCUT2D eigenvalue weighted by Gasteiger charge is -2.17. The first-order valence-electron chi connectivity index (χ1n) is 7.64. The molecule has 1 fully saturated rings. The van der Waals surface area contributed by atoms with Crippen LogP contribution in [0, 0.1) is 11.3 Å². The average molecular weight is 429 g/mol. The molecule has 0 aliphatic carbocycles. The van der Waals surface area contributed by atoms with Crippen molar-refractivity contribution in [2.45, 2.75) is 22.8 Å². The maximum atomic E-state index is 12.2. The lowest BCUT2D eigenvalue weighted by atomic mass is 10.3. The SMILES string of the molecule is N#Cc1nc(Cl)c(Sc2ccc(NC(=O)N3CCCC3)c(Cl)c2)nc1Cl. The van der Waals surface area contributed by atoms with Crippen LogP contribution in [0.3, 0.4) is 0 Å². The summed E-state index contributed by atoms with van der Waals surface area (Å²) in [6.45, 7) is 1.52. The Bertz CT molecular complexity index is 896. The van der Waals surface area contributed by atoms with Crippen molar-refractivity contribution in [3.63, 3.8) is 0 Å². The number of halogens is 3. The fourth-order valence-corrected chi connectivity index (χ4v) is 3.96. The second-order valence-electron chi connectivity index (χ2n) is 5.44. The molecule has 0 unspecified atom stereocenters. The normalized spacial score (nSPS) is 13.5. The van der Waals surface area contributed by atoms with Gasteiger partial charge in [-0.3, -0.25) is 0 Å². The molecule has 1 aliphatic rings. The highest BCUT2D eigenvalue weighted by Crippen LogP contribution is 2.35. The van der Waals surface area contributed by atoms with E-state index in [0.717, 1.165) is 30.8 Å². The van der Waals surface area contributed by atoms with E-state index in [1.165, 1.54) is 11.8 Å². The quantitative estimate of drug-likeness (QED) is 0.736. The summed E-state index contributed by atoms with van der Waals surface area (Å²) in [6, 6.07) is 6.85. The summed E-state index contributed by atoms with van der Waals surface area (Å²) in [5.74, 6) is 0. The zero-order chi connectivity index (χ0) is 18.7. The first-order valence-corrected chi connectivity index (χ1v) is 9.59. The first kappa shape index (κ1) is 19.1. The number of nitriles is 1. The van der Waals surface area contributed by atoms with Crippen molar-refractivity contribution in [3.8, 4) is 6.07 Å². The van der Waals surface area contributed by atoms with E-state index in [1.807, 2.05) is 6.07 Å². The average Bonchev–Trinajstić information content (AvgIpc) is 3.15. The van der Waals surface area contributed by atoms with Gasteiger partial charge in [-0.25, -0.2) is 14.8 Å². The molecule has 134 valence electrons. The van der Waals surface area contributed by atoms with Crippen LogP contribution >= 0.6 is 46.6 Å². The molecule has 0 spiro atoms. The van der Waals surface area contributed by atoms with Gasteiger partial charge in [0.25, 0.3) is 0 Å². The van der Waals surface area contributed by atoms with E-state index < -0.39 is 0 Å². The molecular formula is C16H12Cl3N5OS. The second-order valence-corrected chi connectivity index (χ2v) is 7.62. The number of amides is 2. The Morgan fingerprint density at radius 1 is 1.19 bits per heavy atom. The third-order valence-electron chi connectivity index (χ3n) is 3.68. The van der Waals surface area contributed by atoms with Gasteiger partial charge in [-0.15, -0.1) is 0 Å². The minimum atomic E-state index is -0.155. The molecule has 0 radical (unpaired) electrons. The van der Waals surface area contributed by atoms with Crippen LogP contribution in [0.1, 0.15) is 18.5 Å². The molecule has 1 aromatic carbocycles. The van der Waals surface area contributed by atoms with Crippen molar-refractivity contribution < 1.29 is 4.79 Å². The van der Waals surface area contributed by atoms with Crippen molar-refractivity contribution in [2.75, 3.05) is 18.4 Å². The van der Waals surface area contributed by atoms with Crippen molar-refractivity contribution in [1.82, 2.24) is 14.9 Å². The van der Waals surface area contributed by atoms with Crippen LogP contribution in [0.5, 0.6) is 0 Å². The van der Waals surface area contributed by atoms with Gasteiger partial charge in [-0.05, 0) is 31.0 Å². The fourth-order valence-electron chi connectivity index (χ4n) is 2.40. The highest BCUT2D eigenvalue weighted by molar-refractivity contribution is 7.99. The molecule has 0 saturated carbocycles. The second kappa shape index (κ2) is 8.31. The lowest BCUT2D eigenvalue weighted by molar-refractivity contribution is 0.222. The molecule has 2 heterocycles. The van der Waals surface area contributed by atoms with Crippen molar-refractivity contribution >= 4 is 58.3 Å². The molecule has 0 atom stereocenters. The minimum Gasteiger partial charge on any atom is -0.325 e. The number of aromatic nitrogens is 2. The standard InChI is InChI=1S/C16H12Cl3N5OS/c17-10-7-9(26-15-14(19)21-12(8-20)13(18)23-15)3-4-11(10)22-16(25)24-5-1-2-6-24/h3-4,7H,1-2,5-6H2,(H,22,25). The zero-order valence-corrected chi connectivity index (χ0v) is 16.4. The van der Waals surface area contributed by atoms with Crippen molar-refractivity contribution in [1.29, 1.82) is 5.26 Å².